The molecule has 10 heteroatoms. The second-order valence-electron chi connectivity index (χ2n) is 8.52. The molecule has 1 fully saturated rings. The lowest BCUT2D eigenvalue weighted by atomic mass is 10.1. The van der Waals surface area contributed by atoms with Crippen LogP contribution in [0.15, 0.2) is 40.2 Å². The van der Waals surface area contributed by atoms with E-state index in [1.54, 1.807) is 26.4 Å². The molecule has 0 amide bonds. The third-order valence-electron chi connectivity index (χ3n) is 6.28. The van der Waals surface area contributed by atoms with Gasteiger partial charge >= 0.3 is 5.69 Å². The fraction of sp³-hybridized carbons (Fsp3) is 0.375. The zero-order valence-electron chi connectivity index (χ0n) is 19.2. The molecular weight excluding hydrogens is 432 g/mol. The smallest absolute Gasteiger partial charge is 0.332 e. The first kappa shape index (κ1) is 21.9. The van der Waals surface area contributed by atoms with E-state index in [1.165, 1.54) is 9.13 Å². The Morgan fingerprint density at radius 2 is 2.00 bits per heavy atom. The number of imidazole rings is 1. The van der Waals surface area contributed by atoms with Gasteiger partial charge in [-0.15, -0.1) is 5.92 Å². The van der Waals surface area contributed by atoms with Gasteiger partial charge in [-0.25, -0.2) is 4.79 Å². The van der Waals surface area contributed by atoms with Crippen molar-refractivity contribution in [3.05, 3.63) is 57.0 Å². The van der Waals surface area contributed by atoms with Crippen LogP contribution in [0.2, 0.25) is 0 Å². The molecule has 34 heavy (non-hydrogen) atoms. The summed E-state index contributed by atoms with van der Waals surface area (Å²) in [6.45, 7) is 3.55. The van der Waals surface area contributed by atoms with Crippen molar-refractivity contribution in [2.24, 2.45) is 12.8 Å². The maximum atomic E-state index is 13.7. The summed E-state index contributed by atoms with van der Waals surface area (Å²) in [4.78, 5) is 42.6. The molecule has 5 rings (SSSR count). The van der Waals surface area contributed by atoms with Crippen molar-refractivity contribution in [1.29, 1.82) is 0 Å². The van der Waals surface area contributed by atoms with E-state index in [4.69, 9.17) is 10.7 Å². The van der Waals surface area contributed by atoms with Crippen LogP contribution in [-0.4, -0.2) is 47.8 Å². The van der Waals surface area contributed by atoms with E-state index >= 15 is 0 Å². The molecule has 1 unspecified atom stereocenters. The summed E-state index contributed by atoms with van der Waals surface area (Å²) in [6.07, 6.45) is 5.11. The third-order valence-corrected chi connectivity index (χ3v) is 6.28. The van der Waals surface area contributed by atoms with E-state index in [-0.39, 0.29) is 12.6 Å². The predicted molar refractivity (Wildman–Crippen MR) is 131 cm³/mol. The second kappa shape index (κ2) is 8.76. The molecule has 0 bridgehead atoms. The lowest BCUT2D eigenvalue weighted by molar-refractivity contribution is 0.496. The highest BCUT2D eigenvalue weighted by atomic mass is 16.2. The minimum atomic E-state index is -0.438. The predicted octanol–water partition coefficient (Wildman–Crippen LogP) is 0.839. The normalized spacial score (nSPS) is 16.1. The molecule has 174 valence electrons. The van der Waals surface area contributed by atoms with Crippen molar-refractivity contribution >= 4 is 28.1 Å². The largest absolute Gasteiger partial charge is 0.341 e. The number of hydrogen-bond acceptors (Lipinski definition) is 7. The van der Waals surface area contributed by atoms with Crippen LogP contribution in [0.3, 0.4) is 0 Å². The van der Waals surface area contributed by atoms with Crippen LogP contribution >= 0.6 is 0 Å². The van der Waals surface area contributed by atoms with Gasteiger partial charge in [-0.1, -0.05) is 18.1 Å². The second-order valence-corrected chi connectivity index (χ2v) is 8.52. The van der Waals surface area contributed by atoms with Gasteiger partial charge in [0.2, 0.25) is 5.95 Å². The number of piperidine rings is 1. The number of rotatable bonds is 4. The van der Waals surface area contributed by atoms with E-state index < -0.39 is 11.2 Å². The number of para-hydroxylation sites is 1. The van der Waals surface area contributed by atoms with Crippen molar-refractivity contribution in [2.75, 3.05) is 18.0 Å². The molecule has 3 aromatic heterocycles. The topological polar surface area (TPSA) is 117 Å². The number of nitrogens with zero attached hydrogens (tertiary/aromatic N) is 7. The summed E-state index contributed by atoms with van der Waals surface area (Å²) < 4.78 is 4.47. The van der Waals surface area contributed by atoms with Crippen LogP contribution < -0.4 is 21.9 Å². The molecule has 10 nitrogen and oxygen atoms in total. The zero-order chi connectivity index (χ0) is 23.8. The maximum absolute atomic E-state index is 13.7. The number of benzene rings is 1. The Balaban J connectivity index is 1.72. The van der Waals surface area contributed by atoms with Gasteiger partial charge in [-0.2, -0.15) is 4.98 Å². The first-order valence-electron chi connectivity index (χ1n) is 11.3. The van der Waals surface area contributed by atoms with E-state index in [0.717, 1.165) is 24.9 Å². The molecule has 0 radical (unpaired) electrons. The SMILES string of the molecule is CC#CCn1c(N2CCCC(N)C2)nc2c1c(=O)n(Cc1cccc3nccnc13)c(=O)n2C. The quantitative estimate of drug-likeness (QED) is 0.450. The van der Waals surface area contributed by atoms with Crippen molar-refractivity contribution in [1.82, 2.24) is 28.7 Å². The number of anilines is 1. The molecule has 0 aliphatic carbocycles. The molecule has 1 aromatic carbocycles. The fourth-order valence-electron chi connectivity index (χ4n) is 4.59. The summed E-state index contributed by atoms with van der Waals surface area (Å²) in [7, 11) is 1.64. The van der Waals surface area contributed by atoms with Gasteiger partial charge in [0, 0.05) is 38.6 Å². The molecule has 4 aromatic rings. The third kappa shape index (κ3) is 3.64. The van der Waals surface area contributed by atoms with Crippen LogP contribution in [-0.2, 0) is 20.1 Å². The summed E-state index contributed by atoms with van der Waals surface area (Å²) in [6, 6.07) is 5.59. The standard InChI is InChI=1S/C24H26N8O2/c1-3-4-13-31-20-21(28-23(31)30-12-6-8-17(25)15-30)29(2)24(34)32(22(20)33)14-16-7-5-9-18-19(16)27-11-10-26-18/h5,7,9-11,17H,6,8,12-15,25H2,1-2H3. The summed E-state index contributed by atoms with van der Waals surface area (Å²) >= 11 is 0. The minimum absolute atomic E-state index is 0.0345. The van der Waals surface area contributed by atoms with E-state index in [9.17, 15) is 9.59 Å². The van der Waals surface area contributed by atoms with Crippen LogP contribution in [0.25, 0.3) is 22.2 Å². The molecule has 0 saturated carbocycles. The van der Waals surface area contributed by atoms with E-state index in [1.807, 2.05) is 22.8 Å². The van der Waals surface area contributed by atoms with Gasteiger partial charge < -0.3 is 10.6 Å². The molecule has 1 aliphatic rings. The average molecular weight is 459 g/mol. The van der Waals surface area contributed by atoms with Gasteiger partial charge in [-0.05, 0) is 31.4 Å². The average Bonchev–Trinajstić information content (AvgIpc) is 3.24. The molecule has 4 heterocycles. The molecule has 0 spiro atoms. The Hall–Kier alpha value is -3.97. The van der Waals surface area contributed by atoms with E-state index in [0.29, 0.717) is 41.2 Å². The summed E-state index contributed by atoms with van der Waals surface area (Å²) in [5.74, 6) is 6.56. The fourth-order valence-corrected chi connectivity index (χ4v) is 4.59. The zero-order valence-corrected chi connectivity index (χ0v) is 19.2. The number of aryl methyl sites for hydroxylation is 1. The number of hydrogen-bond donors (Lipinski definition) is 1. The molecule has 1 aliphatic heterocycles. The Labute approximate surface area is 195 Å². The maximum Gasteiger partial charge on any atom is 0.332 e. The van der Waals surface area contributed by atoms with Gasteiger partial charge in [0.1, 0.15) is 0 Å². The van der Waals surface area contributed by atoms with Crippen molar-refractivity contribution in [2.45, 2.75) is 38.9 Å². The molecule has 1 atom stereocenters. The highest BCUT2D eigenvalue weighted by Crippen LogP contribution is 2.23. The first-order chi connectivity index (χ1) is 16.5. The highest BCUT2D eigenvalue weighted by Gasteiger charge is 2.26. The Kier molecular flexibility index (Phi) is 5.63. The van der Waals surface area contributed by atoms with Crippen molar-refractivity contribution in [3.8, 4) is 11.8 Å². The van der Waals surface area contributed by atoms with Crippen molar-refractivity contribution in [3.63, 3.8) is 0 Å². The van der Waals surface area contributed by atoms with Gasteiger partial charge in [-0.3, -0.25) is 28.5 Å². The minimum Gasteiger partial charge on any atom is -0.341 e. The monoisotopic (exact) mass is 458 g/mol. The Morgan fingerprint density at radius 3 is 2.79 bits per heavy atom. The van der Waals surface area contributed by atoms with Crippen LogP contribution in [0.1, 0.15) is 25.3 Å². The van der Waals surface area contributed by atoms with Gasteiger partial charge in [0.25, 0.3) is 5.56 Å². The van der Waals surface area contributed by atoms with Crippen LogP contribution in [0.5, 0.6) is 0 Å². The highest BCUT2D eigenvalue weighted by molar-refractivity contribution is 5.78. The van der Waals surface area contributed by atoms with Gasteiger partial charge in [0.05, 0.1) is 24.1 Å². The number of fused-ring (bicyclic) bond motifs is 2. The summed E-state index contributed by atoms with van der Waals surface area (Å²) in [5.41, 5.74) is 8.17. The Bertz CT molecular complexity index is 1560. The molecular formula is C24H26N8O2. The lowest BCUT2D eigenvalue weighted by Crippen LogP contribution is -2.44. The molecule has 1 saturated heterocycles. The lowest BCUT2D eigenvalue weighted by Gasteiger charge is -2.31. The van der Waals surface area contributed by atoms with Crippen LogP contribution in [0, 0.1) is 11.8 Å². The number of nitrogens with two attached hydrogens (primary N) is 1. The molecule has 2 N–H and O–H groups in total. The van der Waals surface area contributed by atoms with E-state index in [2.05, 4.69) is 26.7 Å². The number of aromatic nitrogens is 6. The first-order valence-corrected chi connectivity index (χ1v) is 11.3. The van der Waals surface area contributed by atoms with Crippen LogP contribution in [0.4, 0.5) is 5.95 Å². The van der Waals surface area contributed by atoms with Crippen molar-refractivity contribution < 1.29 is 0 Å². The van der Waals surface area contributed by atoms with Gasteiger partial charge in [0.15, 0.2) is 11.2 Å². The Morgan fingerprint density at radius 1 is 1.18 bits per heavy atom. The summed E-state index contributed by atoms with van der Waals surface area (Å²) in [5, 5.41) is 0.